The fourth-order valence-corrected chi connectivity index (χ4v) is 2.94. The Bertz CT molecular complexity index is 864. The van der Waals surface area contributed by atoms with Crippen molar-refractivity contribution >= 4 is 11.9 Å². The van der Waals surface area contributed by atoms with Gasteiger partial charge >= 0.3 is 0 Å². The third-order valence-electron chi connectivity index (χ3n) is 4.40. The number of hydrogen-bond donors (Lipinski definition) is 2. The molecule has 2 N–H and O–H groups in total. The molecule has 1 aliphatic heterocycles. The number of pyridine rings is 1. The highest BCUT2D eigenvalue weighted by Crippen LogP contribution is 2.27. The van der Waals surface area contributed by atoms with Gasteiger partial charge in [0, 0.05) is 50.8 Å². The van der Waals surface area contributed by atoms with Crippen molar-refractivity contribution in [3.8, 4) is 0 Å². The minimum absolute atomic E-state index is 0.232. The van der Waals surface area contributed by atoms with Crippen LogP contribution in [0.5, 0.6) is 0 Å². The summed E-state index contributed by atoms with van der Waals surface area (Å²) in [7, 11) is 3.30. The molecule has 2 atom stereocenters. The predicted molar refractivity (Wildman–Crippen MR) is 102 cm³/mol. The van der Waals surface area contributed by atoms with E-state index < -0.39 is 6.23 Å². The van der Waals surface area contributed by atoms with E-state index in [1.165, 1.54) is 0 Å². The number of aliphatic hydroxyl groups excluding tert-OH is 1. The van der Waals surface area contributed by atoms with Crippen LogP contribution in [0, 0.1) is 0 Å². The zero-order valence-electron chi connectivity index (χ0n) is 15.8. The molecule has 0 radical (unpaired) electrons. The van der Waals surface area contributed by atoms with Gasteiger partial charge in [-0.2, -0.15) is 0 Å². The maximum Gasteiger partial charge on any atom is 0.229 e. The quantitative estimate of drug-likeness (QED) is 0.769. The first-order valence-corrected chi connectivity index (χ1v) is 8.84. The summed E-state index contributed by atoms with van der Waals surface area (Å²) in [5.41, 5.74) is 2.76. The van der Waals surface area contributed by atoms with Crippen LogP contribution < -0.4 is 10.9 Å². The van der Waals surface area contributed by atoms with Crippen LogP contribution in [-0.4, -0.2) is 47.0 Å². The lowest BCUT2D eigenvalue weighted by Gasteiger charge is -2.17. The van der Waals surface area contributed by atoms with Gasteiger partial charge in [-0.25, -0.2) is 9.98 Å². The first kappa shape index (κ1) is 19.2. The number of nitrogens with zero attached hydrogens (tertiary/aromatic N) is 4. The second-order valence-electron chi connectivity index (χ2n) is 6.16. The van der Waals surface area contributed by atoms with E-state index in [1.807, 2.05) is 23.6 Å². The molecule has 0 fully saturated rings. The molecule has 2 unspecified atom stereocenters. The zero-order valence-corrected chi connectivity index (χ0v) is 15.8. The largest absolute Gasteiger partial charge is 0.381 e. The lowest BCUT2D eigenvalue weighted by Crippen LogP contribution is -2.27. The van der Waals surface area contributed by atoms with Gasteiger partial charge in [0.1, 0.15) is 5.82 Å². The Hall–Kier alpha value is -2.55. The first-order valence-electron chi connectivity index (χ1n) is 8.84. The Morgan fingerprint density at radius 1 is 1.44 bits per heavy atom. The molecule has 0 aliphatic carbocycles. The fraction of sp³-hybridized carbons (Fsp3) is 0.421. The number of ether oxygens (including phenoxy) is 2. The molecule has 0 spiro atoms. The minimum Gasteiger partial charge on any atom is -0.381 e. The Balaban J connectivity index is 2.13. The molecule has 8 nitrogen and oxygen atoms in total. The SMILES string of the molecule is COCC=Cc1c(C(C)OC)nc(=NC(O)c2cccnc2)n2c1NCC2. The summed E-state index contributed by atoms with van der Waals surface area (Å²) in [6.45, 7) is 3.92. The molecular formula is C19H25N5O3. The number of hydrogen-bond acceptors (Lipinski definition) is 7. The maximum absolute atomic E-state index is 10.5. The normalized spacial score (nSPS) is 16.4. The monoisotopic (exact) mass is 371 g/mol. The Kier molecular flexibility index (Phi) is 6.33. The molecule has 3 rings (SSSR count). The van der Waals surface area contributed by atoms with Gasteiger partial charge in [-0.15, -0.1) is 0 Å². The topological polar surface area (TPSA) is 93.8 Å². The molecule has 2 aromatic rings. The van der Waals surface area contributed by atoms with Gasteiger partial charge < -0.3 is 19.9 Å². The van der Waals surface area contributed by atoms with E-state index in [0.29, 0.717) is 24.3 Å². The van der Waals surface area contributed by atoms with E-state index in [4.69, 9.17) is 14.5 Å². The smallest absolute Gasteiger partial charge is 0.229 e. The molecule has 2 aromatic heterocycles. The molecule has 3 heterocycles. The highest BCUT2D eigenvalue weighted by molar-refractivity contribution is 5.66. The third kappa shape index (κ3) is 4.24. The summed E-state index contributed by atoms with van der Waals surface area (Å²) in [6.07, 6.45) is 5.90. The second kappa shape index (κ2) is 8.90. The Morgan fingerprint density at radius 2 is 2.30 bits per heavy atom. The summed E-state index contributed by atoms with van der Waals surface area (Å²) in [6, 6.07) is 3.55. The lowest BCUT2D eigenvalue weighted by atomic mass is 10.1. The van der Waals surface area contributed by atoms with Crippen LogP contribution in [-0.2, 0) is 16.0 Å². The van der Waals surface area contributed by atoms with Gasteiger partial charge in [0.25, 0.3) is 0 Å². The Morgan fingerprint density at radius 3 is 3.00 bits per heavy atom. The summed E-state index contributed by atoms with van der Waals surface area (Å²) in [5, 5.41) is 13.9. The van der Waals surface area contributed by atoms with Gasteiger partial charge in [-0.3, -0.25) is 9.55 Å². The second-order valence-corrected chi connectivity index (χ2v) is 6.16. The highest BCUT2D eigenvalue weighted by atomic mass is 16.5. The van der Waals surface area contributed by atoms with Crippen molar-refractivity contribution in [1.29, 1.82) is 0 Å². The van der Waals surface area contributed by atoms with Crippen LogP contribution in [0.1, 0.15) is 36.1 Å². The minimum atomic E-state index is -1.04. The average molecular weight is 371 g/mol. The van der Waals surface area contributed by atoms with E-state index in [0.717, 1.165) is 23.6 Å². The van der Waals surface area contributed by atoms with Crippen molar-refractivity contribution in [2.75, 3.05) is 32.7 Å². The van der Waals surface area contributed by atoms with E-state index >= 15 is 0 Å². The van der Waals surface area contributed by atoms with Crippen molar-refractivity contribution in [2.45, 2.75) is 25.8 Å². The predicted octanol–water partition coefficient (Wildman–Crippen LogP) is 1.66. The van der Waals surface area contributed by atoms with Crippen LogP contribution in [0.2, 0.25) is 0 Å². The van der Waals surface area contributed by atoms with Crippen molar-refractivity contribution in [3.63, 3.8) is 0 Å². The number of nitrogens with one attached hydrogen (secondary N) is 1. The Labute approximate surface area is 158 Å². The summed E-state index contributed by atoms with van der Waals surface area (Å²) in [5.74, 6) is 0.911. The van der Waals surface area contributed by atoms with Crippen LogP contribution in [0.15, 0.2) is 35.6 Å². The maximum atomic E-state index is 10.5. The van der Waals surface area contributed by atoms with Crippen LogP contribution in [0.4, 0.5) is 5.82 Å². The molecule has 0 amide bonds. The van der Waals surface area contributed by atoms with E-state index in [1.54, 1.807) is 38.7 Å². The summed E-state index contributed by atoms with van der Waals surface area (Å²) >= 11 is 0. The molecule has 0 bridgehead atoms. The number of anilines is 1. The van der Waals surface area contributed by atoms with Gasteiger partial charge in [0.2, 0.25) is 5.62 Å². The molecule has 1 aliphatic rings. The van der Waals surface area contributed by atoms with Crippen molar-refractivity contribution in [2.24, 2.45) is 4.99 Å². The molecular weight excluding hydrogens is 346 g/mol. The standard InChI is InChI=1S/C19H25N5O3/c1-13(27-3)16-15(7-5-11-26-2)17-21-9-10-24(17)19(22-16)23-18(25)14-6-4-8-20-12-14/h4-8,12-13,18,21,25H,9-11H2,1-3H3. The van der Waals surface area contributed by atoms with Gasteiger partial charge in [0.15, 0.2) is 6.23 Å². The van der Waals surface area contributed by atoms with Crippen LogP contribution in [0.25, 0.3) is 6.08 Å². The number of fused-ring (bicyclic) bond motifs is 1. The highest BCUT2D eigenvalue weighted by Gasteiger charge is 2.22. The summed E-state index contributed by atoms with van der Waals surface area (Å²) in [4.78, 5) is 13.2. The molecule has 0 saturated heterocycles. The van der Waals surface area contributed by atoms with Gasteiger partial charge in [0.05, 0.1) is 18.4 Å². The number of aliphatic hydroxyl groups is 1. The van der Waals surface area contributed by atoms with Crippen molar-refractivity contribution in [1.82, 2.24) is 14.5 Å². The van der Waals surface area contributed by atoms with Crippen LogP contribution in [0.3, 0.4) is 0 Å². The number of aromatic nitrogens is 3. The van der Waals surface area contributed by atoms with Crippen molar-refractivity contribution in [3.05, 3.63) is 53.0 Å². The molecule has 0 saturated carbocycles. The van der Waals surface area contributed by atoms with Gasteiger partial charge in [-0.05, 0) is 13.0 Å². The van der Waals surface area contributed by atoms with E-state index in [-0.39, 0.29) is 6.10 Å². The van der Waals surface area contributed by atoms with Crippen LogP contribution >= 0.6 is 0 Å². The zero-order chi connectivity index (χ0) is 19.2. The molecule has 8 heteroatoms. The molecule has 27 heavy (non-hydrogen) atoms. The van der Waals surface area contributed by atoms with E-state index in [2.05, 4.69) is 15.3 Å². The molecule has 0 aromatic carbocycles. The first-order chi connectivity index (χ1) is 13.2. The average Bonchev–Trinajstić information content (AvgIpc) is 3.19. The lowest BCUT2D eigenvalue weighted by molar-refractivity contribution is 0.115. The van der Waals surface area contributed by atoms with Gasteiger partial charge in [-0.1, -0.05) is 18.2 Å². The molecule has 144 valence electrons. The number of methoxy groups -OCH3 is 2. The fourth-order valence-electron chi connectivity index (χ4n) is 2.94. The van der Waals surface area contributed by atoms with Crippen molar-refractivity contribution < 1.29 is 14.6 Å². The van der Waals surface area contributed by atoms with E-state index in [9.17, 15) is 5.11 Å². The third-order valence-corrected chi connectivity index (χ3v) is 4.40. The number of rotatable bonds is 7. The summed E-state index contributed by atoms with van der Waals surface area (Å²) < 4.78 is 12.6.